The molecule has 0 aliphatic rings. The molecule has 30 heavy (non-hydrogen) atoms. The van der Waals surface area contributed by atoms with Crippen molar-refractivity contribution in [1.82, 2.24) is 4.98 Å². The Hall–Kier alpha value is -3.78. The third-order valence-corrected chi connectivity index (χ3v) is 4.78. The molecule has 0 radical (unpaired) electrons. The Morgan fingerprint density at radius 1 is 1.03 bits per heavy atom. The number of halogens is 3. The molecule has 4 aromatic rings. The largest absolute Gasteiger partial charge is 0.478 e. The van der Waals surface area contributed by atoms with E-state index in [2.05, 4.69) is 4.98 Å². The molecule has 150 valence electrons. The normalized spacial score (nSPS) is 11.0. The van der Waals surface area contributed by atoms with E-state index in [-0.39, 0.29) is 38.7 Å². The van der Waals surface area contributed by atoms with Crippen molar-refractivity contribution in [2.24, 2.45) is 5.73 Å². The Morgan fingerprint density at radius 3 is 2.33 bits per heavy atom. The summed E-state index contributed by atoms with van der Waals surface area (Å²) in [6.45, 7) is 0. The fraction of sp³-hybridized carbons (Fsp3) is 0. The van der Waals surface area contributed by atoms with Gasteiger partial charge in [0.25, 0.3) is 5.91 Å². The lowest BCUT2D eigenvalue weighted by Gasteiger charge is -2.06. The molecule has 6 nitrogen and oxygen atoms in total. The number of benzene rings is 2. The molecule has 0 bridgehead atoms. The van der Waals surface area contributed by atoms with Crippen molar-refractivity contribution >= 4 is 34.6 Å². The minimum atomic E-state index is -1.45. The number of nitrogens with zero attached hydrogens (tertiary/aromatic N) is 1. The van der Waals surface area contributed by atoms with Crippen molar-refractivity contribution in [3.63, 3.8) is 0 Å². The molecule has 2 aromatic heterocycles. The zero-order valence-electron chi connectivity index (χ0n) is 14.9. The molecular formula is C21H11ClF2N2O4. The molecule has 1 amide bonds. The number of furan rings is 1. The van der Waals surface area contributed by atoms with E-state index in [1.54, 1.807) is 0 Å². The topological polar surface area (TPSA) is 106 Å². The highest BCUT2D eigenvalue weighted by Gasteiger charge is 2.23. The Bertz CT molecular complexity index is 1330. The van der Waals surface area contributed by atoms with Crippen molar-refractivity contribution in [3.8, 4) is 22.5 Å². The number of pyridine rings is 1. The van der Waals surface area contributed by atoms with Crippen LogP contribution >= 0.6 is 11.6 Å². The highest BCUT2D eigenvalue weighted by molar-refractivity contribution is 6.32. The van der Waals surface area contributed by atoms with E-state index < -0.39 is 29.1 Å². The van der Waals surface area contributed by atoms with Crippen LogP contribution < -0.4 is 5.73 Å². The van der Waals surface area contributed by atoms with Gasteiger partial charge in [0, 0.05) is 11.1 Å². The second-order valence-electron chi connectivity index (χ2n) is 6.36. The van der Waals surface area contributed by atoms with Crippen molar-refractivity contribution in [2.75, 3.05) is 0 Å². The summed E-state index contributed by atoms with van der Waals surface area (Å²) in [6, 6.07) is 10.1. The van der Waals surface area contributed by atoms with E-state index in [9.17, 15) is 18.4 Å². The average molecular weight is 429 g/mol. The zero-order valence-corrected chi connectivity index (χ0v) is 15.7. The number of fused-ring (bicyclic) bond motifs is 1. The molecule has 0 fully saturated rings. The minimum Gasteiger partial charge on any atom is -0.478 e. The molecule has 0 aliphatic carbocycles. The zero-order chi connectivity index (χ0) is 21.6. The maximum atomic E-state index is 13.7. The monoisotopic (exact) mass is 428 g/mol. The molecular weight excluding hydrogens is 418 g/mol. The Balaban J connectivity index is 1.97. The minimum absolute atomic E-state index is 0.00240. The fourth-order valence-corrected chi connectivity index (χ4v) is 3.35. The second-order valence-corrected chi connectivity index (χ2v) is 6.71. The van der Waals surface area contributed by atoms with E-state index in [1.165, 1.54) is 36.4 Å². The van der Waals surface area contributed by atoms with Gasteiger partial charge in [0.05, 0.1) is 16.5 Å². The van der Waals surface area contributed by atoms with Crippen molar-refractivity contribution in [3.05, 3.63) is 76.4 Å². The quantitative estimate of drug-likeness (QED) is 0.450. The lowest BCUT2D eigenvalue weighted by molar-refractivity contribution is 0.0691. The molecule has 2 aromatic carbocycles. The van der Waals surface area contributed by atoms with Gasteiger partial charge in [0.2, 0.25) is 5.71 Å². The molecule has 0 saturated carbocycles. The molecule has 0 unspecified atom stereocenters. The van der Waals surface area contributed by atoms with Crippen LogP contribution in [0.4, 0.5) is 8.78 Å². The van der Waals surface area contributed by atoms with Gasteiger partial charge in [-0.25, -0.2) is 18.6 Å². The average Bonchev–Trinajstić information content (AvgIpc) is 3.06. The van der Waals surface area contributed by atoms with Crippen LogP contribution in [0.5, 0.6) is 0 Å². The number of carbonyl (C=O) groups is 2. The van der Waals surface area contributed by atoms with E-state index in [0.717, 1.165) is 12.1 Å². The Morgan fingerprint density at radius 2 is 1.70 bits per heavy atom. The molecule has 9 heteroatoms. The number of rotatable bonds is 4. The summed E-state index contributed by atoms with van der Waals surface area (Å²) in [5.41, 5.74) is 5.93. The van der Waals surface area contributed by atoms with Gasteiger partial charge < -0.3 is 15.3 Å². The second kappa shape index (κ2) is 7.23. The summed E-state index contributed by atoms with van der Waals surface area (Å²) in [7, 11) is 0. The lowest BCUT2D eigenvalue weighted by Crippen LogP contribution is -2.11. The van der Waals surface area contributed by atoms with Gasteiger partial charge in [0.1, 0.15) is 22.5 Å². The molecule has 2 heterocycles. The van der Waals surface area contributed by atoms with Crippen molar-refractivity contribution in [1.29, 1.82) is 0 Å². The molecule has 0 aliphatic heterocycles. The first-order chi connectivity index (χ1) is 14.3. The van der Waals surface area contributed by atoms with E-state index in [0.29, 0.717) is 5.56 Å². The maximum absolute atomic E-state index is 13.7. The van der Waals surface area contributed by atoms with Crippen LogP contribution in [0.3, 0.4) is 0 Å². The highest BCUT2D eigenvalue weighted by Crippen LogP contribution is 2.37. The molecule has 3 N–H and O–H groups in total. The van der Waals surface area contributed by atoms with Gasteiger partial charge in [-0.3, -0.25) is 4.79 Å². The predicted molar refractivity (Wildman–Crippen MR) is 105 cm³/mol. The summed E-state index contributed by atoms with van der Waals surface area (Å²) in [5, 5.41) is 9.32. The number of primary amides is 1. The van der Waals surface area contributed by atoms with Gasteiger partial charge in [-0.2, -0.15) is 0 Å². The van der Waals surface area contributed by atoms with E-state index >= 15 is 0 Å². The molecule has 0 saturated heterocycles. The number of aromatic nitrogens is 1. The summed E-state index contributed by atoms with van der Waals surface area (Å²) < 4.78 is 32.7. The molecule has 4 rings (SSSR count). The van der Waals surface area contributed by atoms with Crippen LogP contribution in [0.25, 0.3) is 33.6 Å². The predicted octanol–water partition coefficient (Wildman–Crippen LogP) is 4.89. The SMILES string of the molecule is NC(=O)c1c(-c2ccc(F)cc2)oc2nc(Cl)c(-c3ccc(F)c(C(=O)O)c3)cc12. The number of nitrogens with two attached hydrogens (primary N) is 1. The fourth-order valence-electron chi connectivity index (χ4n) is 3.11. The number of carboxylic acids is 1. The third-order valence-electron chi connectivity index (χ3n) is 4.50. The number of aromatic carboxylic acids is 1. The smallest absolute Gasteiger partial charge is 0.338 e. The van der Waals surface area contributed by atoms with Crippen LogP contribution in [-0.2, 0) is 0 Å². The third kappa shape index (κ3) is 3.27. The van der Waals surface area contributed by atoms with Crippen LogP contribution in [-0.4, -0.2) is 22.0 Å². The number of hydrogen-bond acceptors (Lipinski definition) is 4. The first-order valence-corrected chi connectivity index (χ1v) is 8.86. The van der Waals surface area contributed by atoms with Crippen molar-refractivity contribution in [2.45, 2.75) is 0 Å². The number of carboxylic acid groups (broad SMARTS) is 1. The number of hydrogen-bond donors (Lipinski definition) is 2. The molecule has 0 atom stereocenters. The van der Waals surface area contributed by atoms with Crippen molar-refractivity contribution < 1.29 is 27.9 Å². The Labute approximate surface area is 172 Å². The molecule has 0 spiro atoms. The summed E-state index contributed by atoms with van der Waals surface area (Å²) in [6.07, 6.45) is 0. The van der Waals surface area contributed by atoms with Gasteiger partial charge in [-0.15, -0.1) is 0 Å². The van der Waals surface area contributed by atoms with Gasteiger partial charge >= 0.3 is 5.97 Å². The summed E-state index contributed by atoms with van der Waals surface area (Å²) in [4.78, 5) is 27.5. The van der Waals surface area contributed by atoms with Crippen LogP contribution in [0, 0.1) is 11.6 Å². The first kappa shape index (κ1) is 19.5. The van der Waals surface area contributed by atoms with E-state index in [4.69, 9.17) is 26.9 Å². The maximum Gasteiger partial charge on any atom is 0.338 e. The standard InChI is InChI=1S/C21H11ClF2N2O4/c22-18-12(10-3-6-15(24)13(7-10)21(28)29)8-14-16(19(25)27)17(30-20(14)26-18)9-1-4-11(23)5-2-9/h1-8H,(H2,25,27)(H,28,29). The number of amides is 1. The van der Waals surface area contributed by atoms with Crippen LogP contribution in [0.15, 0.2) is 52.9 Å². The van der Waals surface area contributed by atoms with Gasteiger partial charge in [-0.1, -0.05) is 17.7 Å². The highest BCUT2D eigenvalue weighted by atomic mass is 35.5. The van der Waals surface area contributed by atoms with Gasteiger partial charge in [0.15, 0.2) is 0 Å². The van der Waals surface area contributed by atoms with Crippen LogP contribution in [0.2, 0.25) is 5.15 Å². The summed E-state index contributed by atoms with van der Waals surface area (Å²) >= 11 is 6.24. The Kier molecular flexibility index (Phi) is 4.71. The number of carbonyl (C=O) groups excluding carboxylic acids is 1. The van der Waals surface area contributed by atoms with Gasteiger partial charge in [-0.05, 0) is 48.0 Å². The lowest BCUT2D eigenvalue weighted by atomic mass is 10.0. The van der Waals surface area contributed by atoms with E-state index in [1.807, 2.05) is 0 Å². The summed E-state index contributed by atoms with van der Waals surface area (Å²) in [5.74, 6) is -3.54. The van der Waals surface area contributed by atoms with Crippen LogP contribution in [0.1, 0.15) is 20.7 Å². The first-order valence-electron chi connectivity index (χ1n) is 8.48.